The zero-order valence-electron chi connectivity index (χ0n) is 12.7. The van der Waals surface area contributed by atoms with Crippen molar-refractivity contribution in [2.45, 2.75) is 45.3 Å². The van der Waals surface area contributed by atoms with Gasteiger partial charge in [0.2, 0.25) is 0 Å². The first-order chi connectivity index (χ1) is 9.80. The van der Waals surface area contributed by atoms with Crippen LogP contribution >= 0.6 is 0 Å². The zero-order chi connectivity index (χ0) is 14.4. The van der Waals surface area contributed by atoms with Crippen molar-refractivity contribution in [1.82, 2.24) is 4.90 Å². The standard InChI is InChI=1S/C17H27NO2/c1-3-15(4-2)18(10-11-19)13-17-16-8-6-5-7-14(16)9-12-20-17/h5-8,15,17,19H,3-4,9-13H2,1-2H3. The number of hydrogen-bond acceptors (Lipinski definition) is 3. The van der Waals surface area contributed by atoms with Crippen molar-refractivity contribution in [1.29, 1.82) is 0 Å². The molecule has 1 unspecified atom stereocenters. The van der Waals surface area contributed by atoms with Gasteiger partial charge in [-0.05, 0) is 30.4 Å². The summed E-state index contributed by atoms with van der Waals surface area (Å²) in [7, 11) is 0. The van der Waals surface area contributed by atoms with E-state index in [4.69, 9.17) is 4.74 Å². The normalized spacial score (nSPS) is 18.6. The van der Waals surface area contributed by atoms with E-state index in [1.807, 2.05) is 0 Å². The molecule has 2 rings (SSSR count). The summed E-state index contributed by atoms with van der Waals surface area (Å²) >= 11 is 0. The number of hydrogen-bond donors (Lipinski definition) is 1. The maximum Gasteiger partial charge on any atom is 0.0954 e. The van der Waals surface area contributed by atoms with Gasteiger partial charge < -0.3 is 9.84 Å². The lowest BCUT2D eigenvalue weighted by atomic mass is 9.96. The Balaban J connectivity index is 2.11. The molecule has 1 atom stereocenters. The fourth-order valence-corrected chi connectivity index (χ4v) is 3.20. The molecule has 0 saturated heterocycles. The highest BCUT2D eigenvalue weighted by molar-refractivity contribution is 5.31. The summed E-state index contributed by atoms with van der Waals surface area (Å²) in [4.78, 5) is 2.38. The topological polar surface area (TPSA) is 32.7 Å². The molecule has 0 saturated carbocycles. The lowest BCUT2D eigenvalue weighted by Crippen LogP contribution is -2.41. The van der Waals surface area contributed by atoms with Gasteiger partial charge in [0.05, 0.1) is 19.3 Å². The molecule has 1 N–H and O–H groups in total. The predicted octanol–water partition coefficient (Wildman–Crippen LogP) is 2.78. The Morgan fingerprint density at radius 3 is 2.75 bits per heavy atom. The Morgan fingerprint density at radius 2 is 2.05 bits per heavy atom. The number of benzene rings is 1. The summed E-state index contributed by atoms with van der Waals surface area (Å²) in [5.41, 5.74) is 2.74. The minimum atomic E-state index is 0.145. The molecular weight excluding hydrogens is 250 g/mol. The fraction of sp³-hybridized carbons (Fsp3) is 0.647. The van der Waals surface area contributed by atoms with Gasteiger partial charge in [0.1, 0.15) is 0 Å². The Hall–Kier alpha value is -0.900. The first-order valence-corrected chi connectivity index (χ1v) is 7.84. The van der Waals surface area contributed by atoms with Crippen LogP contribution in [0.4, 0.5) is 0 Å². The summed E-state index contributed by atoms with van der Waals surface area (Å²) in [5, 5.41) is 9.32. The molecule has 0 spiro atoms. The average molecular weight is 277 g/mol. The van der Waals surface area contributed by atoms with Crippen molar-refractivity contribution in [3.05, 3.63) is 35.4 Å². The first-order valence-electron chi connectivity index (χ1n) is 7.84. The quantitative estimate of drug-likeness (QED) is 0.832. The van der Waals surface area contributed by atoms with Crippen LogP contribution in [0.2, 0.25) is 0 Å². The van der Waals surface area contributed by atoms with E-state index in [9.17, 15) is 5.11 Å². The van der Waals surface area contributed by atoms with Crippen molar-refractivity contribution in [3.8, 4) is 0 Å². The number of rotatable bonds is 7. The van der Waals surface area contributed by atoms with E-state index in [1.165, 1.54) is 11.1 Å². The Labute approximate surface area is 122 Å². The van der Waals surface area contributed by atoms with E-state index < -0.39 is 0 Å². The van der Waals surface area contributed by atoms with E-state index in [1.54, 1.807) is 0 Å². The maximum absolute atomic E-state index is 9.32. The number of aliphatic hydroxyl groups is 1. The summed E-state index contributed by atoms with van der Waals surface area (Å²) in [6.45, 7) is 7.06. The highest BCUT2D eigenvalue weighted by atomic mass is 16.5. The molecule has 0 amide bonds. The third-order valence-electron chi connectivity index (χ3n) is 4.34. The summed E-state index contributed by atoms with van der Waals surface area (Å²) in [5.74, 6) is 0. The second-order valence-corrected chi connectivity index (χ2v) is 5.50. The molecule has 0 aromatic heterocycles. The molecule has 3 heteroatoms. The summed E-state index contributed by atoms with van der Waals surface area (Å²) in [6.07, 6.45) is 3.39. The Morgan fingerprint density at radius 1 is 1.30 bits per heavy atom. The molecule has 0 aliphatic carbocycles. The molecule has 1 aliphatic rings. The monoisotopic (exact) mass is 277 g/mol. The SMILES string of the molecule is CCC(CC)N(CCO)CC1OCCc2ccccc21. The summed E-state index contributed by atoms with van der Waals surface area (Å²) in [6, 6.07) is 9.11. The minimum absolute atomic E-state index is 0.145. The van der Waals surface area contributed by atoms with Crippen LogP contribution in [0.15, 0.2) is 24.3 Å². The van der Waals surface area contributed by atoms with Crippen LogP contribution in [0.25, 0.3) is 0 Å². The fourth-order valence-electron chi connectivity index (χ4n) is 3.20. The molecule has 1 aromatic carbocycles. The van der Waals surface area contributed by atoms with Crippen LogP contribution in [0, 0.1) is 0 Å². The molecule has 0 radical (unpaired) electrons. The number of fused-ring (bicyclic) bond motifs is 1. The number of aliphatic hydroxyl groups excluding tert-OH is 1. The van der Waals surface area contributed by atoms with Crippen LogP contribution in [-0.4, -0.2) is 42.4 Å². The Kier molecular flexibility index (Phi) is 6.02. The van der Waals surface area contributed by atoms with E-state index in [0.717, 1.165) is 39.0 Å². The van der Waals surface area contributed by atoms with Gasteiger partial charge in [0.15, 0.2) is 0 Å². The average Bonchev–Trinajstić information content (AvgIpc) is 2.49. The van der Waals surface area contributed by atoms with Gasteiger partial charge in [-0.3, -0.25) is 4.90 Å². The van der Waals surface area contributed by atoms with Crippen LogP contribution in [-0.2, 0) is 11.2 Å². The largest absolute Gasteiger partial charge is 0.395 e. The van der Waals surface area contributed by atoms with Crippen LogP contribution in [0.1, 0.15) is 43.9 Å². The molecule has 112 valence electrons. The van der Waals surface area contributed by atoms with E-state index >= 15 is 0 Å². The van der Waals surface area contributed by atoms with Crippen molar-refractivity contribution >= 4 is 0 Å². The highest BCUT2D eigenvalue weighted by Crippen LogP contribution is 2.28. The molecule has 3 nitrogen and oxygen atoms in total. The van der Waals surface area contributed by atoms with E-state index in [2.05, 4.69) is 43.0 Å². The lowest BCUT2D eigenvalue weighted by Gasteiger charge is -2.35. The molecule has 0 bridgehead atoms. The second kappa shape index (κ2) is 7.77. The second-order valence-electron chi connectivity index (χ2n) is 5.50. The Bertz CT molecular complexity index is 404. The smallest absolute Gasteiger partial charge is 0.0954 e. The molecule has 1 aromatic rings. The maximum atomic E-state index is 9.32. The molecule has 1 aliphatic heterocycles. The van der Waals surface area contributed by atoms with E-state index in [0.29, 0.717) is 6.04 Å². The molecular formula is C17H27NO2. The lowest BCUT2D eigenvalue weighted by molar-refractivity contribution is 0.000803. The van der Waals surface area contributed by atoms with Gasteiger partial charge >= 0.3 is 0 Å². The molecule has 0 fully saturated rings. The van der Waals surface area contributed by atoms with Crippen molar-refractivity contribution in [2.24, 2.45) is 0 Å². The first kappa shape index (κ1) is 15.5. The van der Waals surface area contributed by atoms with E-state index in [-0.39, 0.29) is 12.7 Å². The third kappa shape index (κ3) is 3.60. The van der Waals surface area contributed by atoms with Gasteiger partial charge in [0, 0.05) is 19.1 Å². The van der Waals surface area contributed by atoms with Gasteiger partial charge in [0.25, 0.3) is 0 Å². The van der Waals surface area contributed by atoms with Crippen molar-refractivity contribution < 1.29 is 9.84 Å². The summed E-state index contributed by atoms with van der Waals surface area (Å²) < 4.78 is 6.00. The number of nitrogens with zero attached hydrogens (tertiary/aromatic N) is 1. The van der Waals surface area contributed by atoms with Crippen LogP contribution < -0.4 is 0 Å². The van der Waals surface area contributed by atoms with Gasteiger partial charge in [-0.1, -0.05) is 38.1 Å². The van der Waals surface area contributed by atoms with Crippen molar-refractivity contribution in [2.75, 3.05) is 26.3 Å². The predicted molar refractivity (Wildman–Crippen MR) is 81.9 cm³/mol. The van der Waals surface area contributed by atoms with Gasteiger partial charge in [-0.25, -0.2) is 0 Å². The zero-order valence-corrected chi connectivity index (χ0v) is 12.7. The number of ether oxygens (including phenoxy) is 1. The molecule has 1 heterocycles. The van der Waals surface area contributed by atoms with Crippen LogP contribution in [0.3, 0.4) is 0 Å². The highest BCUT2D eigenvalue weighted by Gasteiger charge is 2.25. The van der Waals surface area contributed by atoms with Gasteiger partial charge in [-0.2, -0.15) is 0 Å². The third-order valence-corrected chi connectivity index (χ3v) is 4.34. The van der Waals surface area contributed by atoms with Gasteiger partial charge in [-0.15, -0.1) is 0 Å². The van der Waals surface area contributed by atoms with Crippen LogP contribution in [0.5, 0.6) is 0 Å². The van der Waals surface area contributed by atoms with Crippen molar-refractivity contribution in [3.63, 3.8) is 0 Å². The molecule has 20 heavy (non-hydrogen) atoms. The minimum Gasteiger partial charge on any atom is -0.395 e.